The van der Waals surface area contributed by atoms with Crippen LogP contribution in [0.3, 0.4) is 0 Å². The lowest BCUT2D eigenvalue weighted by molar-refractivity contribution is 0.0180. The van der Waals surface area contributed by atoms with Gasteiger partial charge in [0.2, 0.25) is 0 Å². The average molecular weight is 649 g/mol. The molecule has 1 saturated heterocycles. The zero-order valence-corrected chi connectivity index (χ0v) is 28.3. The van der Waals surface area contributed by atoms with Crippen molar-refractivity contribution in [2.45, 2.75) is 71.1 Å². The number of morpholine rings is 1. The predicted octanol–water partition coefficient (Wildman–Crippen LogP) is 6.69. The van der Waals surface area contributed by atoms with Gasteiger partial charge < -0.3 is 14.8 Å². The lowest BCUT2D eigenvalue weighted by Crippen LogP contribution is -2.38. The van der Waals surface area contributed by atoms with Crippen molar-refractivity contribution < 1.29 is 14.3 Å². The standard InChI is InChI=1S/C37H44N8O3/c1-24-10-12-26(13-11-24)45-34(22-32(42-45)37(3,4)5)39-36(46)38-30-15-16-31(29-9-7-6-8-28(29)30)48-27-14-17-33-40-41-35(44(33)23-27)25(2)43-18-20-47-21-19-43/h6-14,17,22-23,25,30-31H,15-16,18-21H2,1-5H3,(H2,38,39,46)/t25-,30-,31+/m0/s1. The average Bonchev–Trinajstić information content (AvgIpc) is 3.71. The molecule has 0 spiro atoms. The molecular weight excluding hydrogens is 604 g/mol. The lowest BCUT2D eigenvalue weighted by atomic mass is 9.85. The summed E-state index contributed by atoms with van der Waals surface area (Å²) in [6, 6.07) is 21.9. The molecule has 3 atom stereocenters. The number of ether oxygens (including phenoxy) is 2. The van der Waals surface area contributed by atoms with Gasteiger partial charge in [-0.15, -0.1) is 10.2 Å². The fraction of sp³-hybridized carbons (Fsp3) is 0.405. The second-order valence-corrected chi connectivity index (χ2v) is 13.9. The van der Waals surface area contributed by atoms with Gasteiger partial charge in [-0.25, -0.2) is 9.48 Å². The normalized spacial score (nSPS) is 19.1. The molecule has 2 aliphatic rings. The molecule has 48 heavy (non-hydrogen) atoms. The van der Waals surface area contributed by atoms with Gasteiger partial charge in [0, 0.05) is 24.6 Å². The molecule has 0 unspecified atom stereocenters. The minimum Gasteiger partial charge on any atom is -0.484 e. The number of carbonyl (C=O) groups excluding carboxylic acids is 1. The lowest BCUT2D eigenvalue weighted by Gasteiger charge is -2.32. The Hall–Kier alpha value is -4.74. The molecule has 4 heterocycles. The summed E-state index contributed by atoms with van der Waals surface area (Å²) in [5.41, 5.74) is 5.68. The van der Waals surface area contributed by atoms with Gasteiger partial charge in [-0.2, -0.15) is 5.10 Å². The molecule has 250 valence electrons. The maximum atomic E-state index is 13.5. The second-order valence-electron chi connectivity index (χ2n) is 13.9. The van der Waals surface area contributed by atoms with Gasteiger partial charge in [-0.3, -0.25) is 14.6 Å². The van der Waals surface area contributed by atoms with E-state index in [1.54, 1.807) is 4.68 Å². The van der Waals surface area contributed by atoms with Crippen LogP contribution in [-0.2, 0) is 10.2 Å². The molecule has 2 aromatic carbocycles. The first-order valence-electron chi connectivity index (χ1n) is 16.8. The highest BCUT2D eigenvalue weighted by molar-refractivity contribution is 5.89. The summed E-state index contributed by atoms with van der Waals surface area (Å²) < 4.78 is 16.0. The zero-order chi connectivity index (χ0) is 33.4. The van der Waals surface area contributed by atoms with Crippen molar-refractivity contribution >= 4 is 17.5 Å². The van der Waals surface area contributed by atoms with Crippen LogP contribution in [0.1, 0.15) is 86.9 Å². The van der Waals surface area contributed by atoms with E-state index < -0.39 is 0 Å². The number of anilines is 1. The van der Waals surface area contributed by atoms with Crippen LogP contribution < -0.4 is 15.4 Å². The van der Waals surface area contributed by atoms with E-state index in [1.807, 2.05) is 65.2 Å². The van der Waals surface area contributed by atoms with Crippen LogP contribution in [0.15, 0.2) is 72.9 Å². The number of aryl methyl sites for hydroxylation is 1. The van der Waals surface area contributed by atoms with Crippen molar-refractivity contribution in [2.75, 3.05) is 31.6 Å². The third kappa shape index (κ3) is 6.52. The first-order chi connectivity index (χ1) is 23.1. The van der Waals surface area contributed by atoms with Gasteiger partial charge >= 0.3 is 6.03 Å². The number of fused-ring (bicyclic) bond motifs is 2. The number of pyridine rings is 1. The van der Waals surface area contributed by atoms with E-state index in [1.165, 1.54) is 0 Å². The smallest absolute Gasteiger partial charge is 0.320 e. The molecule has 0 bridgehead atoms. The summed E-state index contributed by atoms with van der Waals surface area (Å²) in [7, 11) is 0. The number of aromatic nitrogens is 5. The molecule has 1 aliphatic carbocycles. The Kier molecular flexibility index (Phi) is 8.65. The topological polar surface area (TPSA) is 111 Å². The van der Waals surface area contributed by atoms with Crippen LogP contribution in [0.5, 0.6) is 5.75 Å². The Morgan fingerprint density at radius 2 is 1.73 bits per heavy atom. The van der Waals surface area contributed by atoms with Gasteiger partial charge in [0.05, 0.1) is 42.9 Å². The van der Waals surface area contributed by atoms with Crippen LogP contribution >= 0.6 is 0 Å². The Morgan fingerprint density at radius 3 is 2.48 bits per heavy atom. The molecule has 7 rings (SSSR count). The highest BCUT2D eigenvalue weighted by Gasteiger charge is 2.30. The van der Waals surface area contributed by atoms with Crippen LogP contribution in [0.25, 0.3) is 11.3 Å². The molecule has 2 amide bonds. The van der Waals surface area contributed by atoms with Gasteiger partial charge in [0.25, 0.3) is 0 Å². The molecule has 11 heteroatoms. The fourth-order valence-electron chi connectivity index (χ4n) is 6.59. The Labute approximate surface area is 281 Å². The molecule has 1 fully saturated rings. The van der Waals surface area contributed by atoms with Crippen molar-refractivity contribution in [2.24, 2.45) is 0 Å². The number of urea groups is 1. The van der Waals surface area contributed by atoms with E-state index >= 15 is 0 Å². The van der Waals surface area contributed by atoms with Crippen molar-refractivity contribution in [3.05, 3.63) is 101 Å². The molecule has 5 aromatic rings. The number of benzene rings is 2. The van der Waals surface area contributed by atoms with Gasteiger partial charge in [-0.05, 0) is 62.1 Å². The molecule has 0 radical (unpaired) electrons. The Bertz CT molecular complexity index is 1900. The minimum atomic E-state index is -0.275. The largest absolute Gasteiger partial charge is 0.484 e. The number of rotatable bonds is 7. The SMILES string of the molecule is Cc1ccc(-n2nc(C(C)(C)C)cc2NC(=O)N[C@H]2CC[C@@H](Oc3ccc4nnc([C@H](C)N5CCOCC5)n4c3)c3ccccc32)cc1. The molecule has 1 aliphatic heterocycles. The fourth-order valence-corrected chi connectivity index (χ4v) is 6.59. The van der Waals surface area contributed by atoms with Gasteiger partial charge in [0.15, 0.2) is 11.5 Å². The molecule has 3 aromatic heterocycles. The highest BCUT2D eigenvalue weighted by atomic mass is 16.5. The zero-order valence-electron chi connectivity index (χ0n) is 28.3. The number of nitrogens with zero attached hydrogens (tertiary/aromatic N) is 6. The summed E-state index contributed by atoms with van der Waals surface area (Å²) in [5.74, 6) is 2.26. The third-order valence-electron chi connectivity index (χ3n) is 9.39. The van der Waals surface area contributed by atoms with Crippen molar-refractivity contribution in [3.63, 3.8) is 0 Å². The summed E-state index contributed by atoms with van der Waals surface area (Å²) in [6.45, 7) is 13.8. The Morgan fingerprint density at radius 1 is 0.979 bits per heavy atom. The first-order valence-corrected chi connectivity index (χ1v) is 16.8. The van der Waals surface area contributed by atoms with E-state index in [2.05, 4.69) is 72.5 Å². The Balaban J connectivity index is 1.08. The van der Waals surface area contributed by atoms with Crippen molar-refractivity contribution in [1.29, 1.82) is 0 Å². The minimum absolute atomic E-state index is 0.100. The second kappa shape index (κ2) is 13.0. The summed E-state index contributed by atoms with van der Waals surface area (Å²) >= 11 is 0. The monoisotopic (exact) mass is 648 g/mol. The number of carbonyl (C=O) groups is 1. The quantitative estimate of drug-likeness (QED) is 0.202. The van der Waals surface area contributed by atoms with E-state index in [0.717, 1.165) is 84.4 Å². The number of nitrogens with one attached hydrogen (secondary N) is 2. The van der Waals surface area contributed by atoms with Crippen molar-refractivity contribution in [1.82, 2.24) is 34.6 Å². The first kappa shape index (κ1) is 31.8. The number of hydrogen-bond donors (Lipinski definition) is 2. The predicted molar refractivity (Wildman–Crippen MR) is 185 cm³/mol. The van der Waals surface area contributed by atoms with Crippen LogP contribution in [0, 0.1) is 6.92 Å². The molecular formula is C37H44N8O3. The van der Waals surface area contributed by atoms with Gasteiger partial charge in [0.1, 0.15) is 17.7 Å². The summed E-state index contributed by atoms with van der Waals surface area (Å²) in [4.78, 5) is 15.9. The molecule has 0 saturated carbocycles. The third-order valence-corrected chi connectivity index (χ3v) is 9.39. The summed E-state index contributed by atoms with van der Waals surface area (Å²) in [6.07, 6.45) is 3.31. The number of hydrogen-bond acceptors (Lipinski definition) is 7. The van der Waals surface area contributed by atoms with Crippen molar-refractivity contribution in [3.8, 4) is 11.4 Å². The maximum Gasteiger partial charge on any atom is 0.320 e. The van der Waals surface area contributed by atoms with Crippen LogP contribution in [0.4, 0.5) is 10.6 Å². The van der Waals surface area contributed by atoms with Gasteiger partial charge in [-0.1, -0.05) is 62.7 Å². The highest BCUT2D eigenvalue weighted by Crippen LogP contribution is 2.39. The van der Waals surface area contributed by atoms with E-state index in [9.17, 15) is 4.79 Å². The van der Waals surface area contributed by atoms with E-state index in [0.29, 0.717) is 5.82 Å². The van der Waals surface area contributed by atoms with Crippen LogP contribution in [-0.4, -0.2) is 61.6 Å². The van der Waals surface area contributed by atoms with E-state index in [-0.39, 0.29) is 29.6 Å². The maximum absolute atomic E-state index is 13.5. The van der Waals surface area contributed by atoms with Crippen LogP contribution in [0.2, 0.25) is 0 Å². The van der Waals surface area contributed by atoms with E-state index in [4.69, 9.17) is 14.6 Å². The molecule has 11 nitrogen and oxygen atoms in total. The molecule has 2 N–H and O–H groups in total. The summed E-state index contributed by atoms with van der Waals surface area (Å²) in [5, 5.41) is 20.1. The number of amides is 2.